The van der Waals surface area contributed by atoms with Crippen LogP contribution in [0.3, 0.4) is 0 Å². The number of carbonyl (C=O) groups excluding carboxylic acids is 1. The Morgan fingerprint density at radius 3 is 2.78 bits per heavy atom. The number of piperazine rings is 1. The number of carbonyl (C=O) groups is 1. The molecule has 0 aliphatic carbocycles. The van der Waals surface area contributed by atoms with Crippen LogP contribution in [0.1, 0.15) is 13.8 Å². The van der Waals surface area contributed by atoms with Crippen LogP contribution in [-0.4, -0.2) is 35.7 Å². The zero-order valence-electron chi connectivity index (χ0n) is 10.5. The number of rotatable bonds is 2. The zero-order chi connectivity index (χ0) is 13.3. The van der Waals surface area contributed by atoms with Gasteiger partial charge in [-0.15, -0.1) is 0 Å². The first-order valence-corrected chi connectivity index (χ1v) is 6.28. The number of aliphatic hydroxyl groups excluding tert-OH is 1. The molecule has 98 valence electrons. The molecular weight excluding hydrogens is 252 g/mol. The number of hydrogen-bond acceptors (Lipinski definition) is 3. The molecule has 1 aliphatic rings. The Morgan fingerprint density at radius 1 is 1.50 bits per heavy atom. The van der Waals surface area contributed by atoms with E-state index in [0.29, 0.717) is 17.3 Å². The van der Waals surface area contributed by atoms with E-state index in [0.717, 1.165) is 0 Å². The van der Waals surface area contributed by atoms with Crippen molar-refractivity contribution in [3.63, 3.8) is 0 Å². The van der Waals surface area contributed by atoms with Gasteiger partial charge in [0.2, 0.25) is 5.91 Å². The van der Waals surface area contributed by atoms with E-state index in [9.17, 15) is 9.90 Å². The van der Waals surface area contributed by atoms with Crippen molar-refractivity contribution in [1.29, 1.82) is 0 Å². The quantitative estimate of drug-likeness (QED) is 0.853. The lowest BCUT2D eigenvalue weighted by Gasteiger charge is -2.45. The van der Waals surface area contributed by atoms with Crippen LogP contribution in [0.2, 0.25) is 5.02 Å². The van der Waals surface area contributed by atoms with E-state index < -0.39 is 6.04 Å². The van der Waals surface area contributed by atoms with Crippen molar-refractivity contribution in [2.45, 2.75) is 25.4 Å². The van der Waals surface area contributed by atoms with E-state index in [-0.39, 0.29) is 18.1 Å². The van der Waals surface area contributed by atoms with Gasteiger partial charge in [-0.25, -0.2) is 0 Å². The summed E-state index contributed by atoms with van der Waals surface area (Å²) in [5.41, 5.74) is 0.308. The lowest BCUT2D eigenvalue weighted by atomic mass is 9.96. The van der Waals surface area contributed by atoms with E-state index in [2.05, 4.69) is 5.32 Å². The van der Waals surface area contributed by atoms with Gasteiger partial charge in [0, 0.05) is 6.54 Å². The van der Waals surface area contributed by atoms with Gasteiger partial charge in [-0.1, -0.05) is 23.7 Å². The Hall–Kier alpha value is -1.10. The molecule has 1 fully saturated rings. The molecule has 1 heterocycles. The number of para-hydroxylation sites is 1. The first kappa shape index (κ1) is 13.3. The SMILES string of the molecule is CC1(C)CNC(CO)C(=O)N1c1ccccc1Cl. The number of benzene rings is 1. The van der Waals surface area contributed by atoms with Gasteiger partial charge in [0.25, 0.3) is 0 Å². The third-order valence-corrected chi connectivity index (χ3v) is 3.50. The number of halogens is 1. The molecule has 1 aromatic carbocycles. The van der Waals surface area contributed by atoms with Crippen LogP contribution in [0.5, 0.6) is 0 Å². The molecule has 1 amide bonds. The van der Waals surface area contributed by atoms with Gasteiger partial charge in [0.05, 0.1) is 22.9 Å². The van der Waals surface area contributed by atoms with Crippen LogP contribution in [-0.2, 0) is 4.79 Å². The van der Waals surface area contributed by atoms with Crippen molar-refractivity contribution in [3.05, 3.63) is 29.3 Å². The van der Waals surface area contributed by atoms with Gasteiger partial charge in [0.15, 0.2) is 0 Å². The molecule has 0 bridgehead atoms. The van der Waals surface area contributed by atoms with Gasteiger partial charge >= 0.3 is 0 Å². The second-order valence-corrected chi connectivity index (χ2v) is 5.46. The zero-order valence-corrected chi connectivity index (χ0v) is 11.2. The van der Waals surface area contributed by atoms with Gasteiger partial charge < -0.3 is 15.3 Å². The molecule has 0 saturated carbocycles. The topological polar surface area (TPSA) is 52.6 Å². The molecule has 2 N–H and O–H groups in total. The van der Waals surface area contributed by atoms with Gasteiger partial charge in [0.1, 0.15) is 6.04 Å². The molecule has 1 aliphatic heterocycles. The third-order valence-electron chi connectivity index (χ3n) is 3.18. The highest BCUT2D eigenvalue weighted by Gasteiger charge is 2.41. The molecule has 0 spiro atoms. The fraction of sp³-hybridized carbons (Fsp3) is 0.462. The summed E-state index contributed by atoms with van der Waals surface area (Å²) >= 11 is 6.16. The maximum atomic E-state index is 12.4. The maximum Gasteiger partial charge on any atom is 0.247 e. The molecule has 1 atom stereocenters. The fourth-order valence-corrected chi connectivity index (χ4v) is 2.43. The maximum absolute atomic E-state index is 12.4. The van der Waals surface area contributed by atoms with Gasteiger partial charge in [-0.2, -0.15) is 0 Å². The molecule has 0 radical (unpaired) electrons. The highest BCUT2D eigenvalue weighted by atomic mass is 35.5. The fourth-order valence-electron chi connectivity index (χ4n) is 2.21. The summed E-state index contributed by atoms with van der Waals surface area (Å²) < 4.78 is 0. The molecule has 1 saturated heterocycles. The van der Waals surface area contributed by atoms with Crippen molar-refractivity contribution in [2.75, 3.05) is 18.1 Å². The molecule has 1 unspecified atom stereocenters. The van der Waals surface area contributed by atoms with Crippen LogP contribution in [0, 0.1) is 0 Å². The van der Waals surface area contributed by atoms with Crippen LogP contribution in [0.15, 0.2) is 24.3 Å². The Balaban J connectivity index is 2.44. The summed E-state index contributed by atoms with van der Waals surface area (Å²) in [6, 6.07) is 6.70. The monoisotopic (exact) mass is 268 g/mol. The standard InChI is InChI=1S/C13H17ClN2O2/c1-13(2)8-15-10(7-17)12(18)16(13)11-6-4-3-5-9(11)14/h3-6,10,15,17H,7-8H2,1-2H3. The van der Waals surface area contributed by atoms with Crippen LogP contribution < -0.4 is 10.2 Å². The number of nitrogens with zero attached hydrogens (tertiary/aromatic N) is 1. The second kappa shape index (κ2) is 4.88. The summed E-state index contributed by atoms with van der Waals surface area (Å²) in [6.07, 6.45) is 0. The third kappa shape index (κ3) is 2.23. The summed E-state index contributed by atoms with van der Waals surface area (Å²) in [4.78, 5) is 14.0. The van der Waals surface area contributed by atoms with E-state index in [1.165, 1.54) is 0 Å². The number of aliphatic hydroxyl groups is 1. The van der Waals surface area contributed by atoms with Crippen molar-refractivity contribution < 1.29 is 9.90 Å². The number of nitrogens with one attached hydrogen (secondary N) is 1. The van der Waals surface area contributed by atoms with E-state index in [1.807, 2.05) is 32.0 Å². The van der Waals surface area contributed by atoms with Crippen molar-refractivity contribution in [3.8, 4) is 0 Å². The van der Waals surface area contributed by atoms with Crippen LogP contribution in [0.25, 0.3) is 0 Å². The normalized spacial score (nSPS) is 23.2. The van der Waals surface area contributed by atoms with Crippen LogP contribution >= 0.6 is 11.6 Å². The molecule has 0 aromatic heterocycles. The minimum atomic E-state index is -0.561. The highest BCUT2D eigenvalue weighted by Crippen LogP contribution is 2.33. The van der Waals surface area contributed by atoms with E-state index in [1.54, 1.807) is 11.0 Å². The summed E-state index contributed by atoms with van der Waals surface area (Å²) in [5, 5.41) is 12.8. The first-order valence-electron chi connectivity index (χ1n) is 5.90. The molecular formula is C13H17ClN2O2. The van der Waals surface area contributed by atoms with Gasteiger partial charge in [-0.05, 0) is 26.0 Å². The molecule has 1 aromatic rings. The smallest absolute Gasteiger partial charge is 0.247 e. The van der Waals surface area contributed by atoms with Gasteiger partial charge in [-0.3, -0.25) is 4.79 Å². The predicted molar refractivity (Wildman–Crippen MR) is 71.9 cm³/mol. The predicted octanol–water partition coefficient (Wildman–Crippen LogP) is 1.42. The summed E-state index contributed by atoms with van der Waals surface area (Å²) in [7, 11) is 0. The van der Waals surface area contributed by atoms with Crippen molar-refractivity contribution >= 4 is 23.2 Å². The Kier molecular flexibility index (Phi) is 3.61. The number of anilines is 1. The number of hydrogen-bond donors (Lipinski definition) is 2. The molecule has 5 heteroatoms. The largest absolute Gasteiger partial charge is 0.394 e. The van der Waals surface area contributed by atoms with E-state index in [4.69, 9.17) is 11.6 Å². The minimum Gasteiger partial charge on any atom is -0.394 e. The van der Waals surface area contributed by atoms with E-state index >= 15 is 0 Å². The highest BCUT2D eigenvalue weighted by molar-refractivity contribution is 6.34. The average molecular weight is 269 g/mol. The number of amides is 1. The van der Waals surface area contributed by atoms with Crippen molar-refractivity contribution in [1.82, 2.24) is 5.32 Å². The Labute approximate surface area is 112 Å². The minimum absolute atomic E-state index is 0.151. The Bertz CT molecular complexity index is 462. The first-order chi connectivity index (χ1) is 8.47. The second-order valence-electron chi connectivity index (χ2n) is 5.05. The lowest BCUT2D eigenvalue weighted by Crippen LogP contribution is -2.66. The lowest BCUT2D eigenvalue weighted by molar-refractivity contribution is -0.124. The average Bonchev–Trinajstić information content (AvgIpc) is 2.31. The summed E-state index contributed by atoms with van der Waals surface area (Å²) in [6.45, 7) is 4.33. The van der Waals surface area contributed by atoms with Crippen molar-refractivity contribution in [2.24, 2.45) is 0 Å². The Morgan fingerprint density at radius 2 is 2.17 bits per heavy atom. The molecule has 18 heavy (non-hydrogen) atoms. The molecule has 4 nitrogen and oxygen atoms in total. The van der Waals surface area contributed by atoms with Crippen LogP contribution in [0.4, 0.5) is 5.69 Å². The molecule has 2 rings (SSSR count). The summed E-state index contributed by atoms with van der Waals surface area (Å²) in [5.74, 6) is -0.151.